The monoisotopic (exact) mass is 772 g/mol. The molecule has 0 spiro atoms. The Morgan fingerprint density at radius 3 is 2.25 bits per heavy atom. The van der Waals surface area contributed by atoms with Gasteiger partial charge in [-0.1, -0.05) is 74.5 Å². The van der Waals surface area contributed by atoms with E-state index >= 15 is 4.79 Å². The molecule has 6 aliphatic carbocycles. The highest BCUT2D eigenvalue weighted by molar-refractivity contribution is 5.85. The van der Waals surface area contributed by atoms with E-state index in [2.05, 4.69) is 71.9 Å². The van der Waals surface area contributed by atoms with Gasteiger partial charge in [0.25, 0.3) is 0 Å². The summed E-state index contributed by atoms with van der Waals surface area (Å²) in [6, 6.07) is 0.0327. The Balaban J connectivity index is 1.05. The molecule has 310 valence electrons. The van der Waals surface area contributed by atoms with Crippen LogP contribution in [0.15, 0.2) is 18.3 Å². The number of amides is 1. The van der Waals surface area contributed by atoms with E-state index in [0.717, 1.165) is 75.9 Å². The van der Waals surface area contributed by atoms with Gasteiger partial charge in [0.15, 0.2) is 0 Å². The van der Waals surface area contributed by atoms with Crippen molar-refractivity contribution in [1.29, 1.82) is 0 Å². The fourth-order valence-corrected chi connectivity index (χ4v) is 16.1. The molecule has 2 unspecified atom stereocenters. The number of carboxylic acid groups (broad SMARTS) is 1. The first-order chi connectivity index (χ1) is 26.1. The smallest absolute Gasteiger partial charge is 0.309 e. The predicted molar refractivity (Wildman–Crippen MR) is 218 cm³/mol. The summed E-state index contributed by atoms with van der Waals surface area (Å²) in [6.45, 7) is 28.4. The average Bonchev–Trinajstić information content (AvgIpc) is 3.88. The van der Waals surface area contributed by atoms with E-state index in [0.29, 0.717) is 47.8 Å². The number of allylic oxidation sites excluding steroid dienone is 1. The molecule has 0 aromatic carbocycles. The number of H-pyrrole nitrogens is 1. The van der Waals surface area contributed by atoms with E-state index in [4.69, 9.17) is 9.72 Å². The van der Waals surface area contributed by atoms with E-state index in [1.807, 2.05) is 20.0 Å². The van der Waals surface area contributed by atoms with Crippen LogP contribution in [-0.2, 0) is 19.1 Å². The van der Waals surface area contributed by atoms with Gasteiger partial charge in [0.1, 0.15) is 11.9 Å². The molecule has 1 aliphatic heterocycles. The molecule has 1 aromatic rings. The summed E-state index contributed by atoms with van der Waals surface area (Å²) in [6.07, 6.45) is 14.9. The van der Waals surface area contributed by atoms with E-state index in [1.54, 1.807) is 0 Å². The number of aliphatic carboxylic acids is 1. The second kappa shape index (κ2) is 13.2. The lowest BCUT2D eigenvalue weighted by atomic mass is 9.32. The fourth-order valence-electron chi connectivity index (χ4n) is 16.1. The lowest BCUT2D eigenvalue weighted by molar-refractivity contribution is -0.251. The number of hydrogen-bond acceptors (Lipinski definition) is 5. The van der Waals surface area contributed by atoms with Crippen LogP contribution in [0.5, 0.6) is 0 Å². The van der Waals surface area contributed by atoms with Crippen molar-refractivity contribution in [1.82, 2.24) is 14.9 Å². The summed E-state index contributed by atoms with van der Waals surface area (Å²) in [5, 5.41) is 9.69. The number of nitrogens with zero attached hydrogens (tertiary/aromatic N) is 2. The summed E-state index contributed by atoms with van der Waals surface area (Å²) < 4.78 is 6.46. The first kappa shape index (κ1) is 40.2. The second-order valence-corrected chi connectivity index (χ2v) is 22.7. The fraction of sp³-hybridized carbons (Fsp3) is 0.833. The molecule has 56 heavy (non-hydrogen) atoms. The maximum atomic E-state index is 15.4. The van der Waals surface area contributed by atoms with Gasteiger partial charge in [-0.05, 0) is 148 Å². The van der Waals surface area contributed by atoms with Crippen molar-refractivity contribution < 1.29 is 24.2 Å². The number of ether oxygens (including phenoxy) is 1. The standard InChI is InChI=1S/C48H73N3O5/c1-27(2)29-16-21-48(42(55)51-24-12-13-34(51)39-49-26-33(50-39)28(3)4)23-22-46(10)30(38(29)48)14-15-36-45(9)19-18-37(44(7,8)35(45)17-20-47(36,46)11)56-41(54)32-25-31(40(52)53)43(32,5)6/h26,28-32,34-38H,1,12-25H2,2-11H3,(H,49,50)(H,52,53)/t29-,30+,31-,32+,34-,35-,36+,37-,38+,45?,46+,47?,48-/m0/s1. The number of imidazole rings is 1. The van der Waals surface area contributed by atoms with Gasteiger partial charge in [-0.25, -0.2) is 4.98 Å². The van der Waals surface area contributed by atoms with Gasteiger partial charge in [-0.2, -0.15) is 0 Å². The molecule has 8 heteroatoms. The molecular weight excluding hydrogens is 699 g/mol. The van der Waals surface area contributed by atoms with Gasteiger partial charge in [-0.15, -0.1) is 0 Å². The molecule has 6 saturated carbocycles. The topological polar surface area (TPSA) is 113 Å². The number of likely N-dealkylation sites (tertiary alicyclic amines) is 1. The number of fused-ring (bicyclic) bond motifs is 7. The van der Waals surface area contributed by atoms with Gasteiger partial charge >= 0.3 is 11.9 Å². The summed E-state index contributed by atoms with van der Waals surface area (Å²) in [7, 11) is 0. The third-order valence-electron chi connectivity index (χ3n) is 19.6. The van der Waals surface area contributed by atoms with Crippen LogP contribution < -0.4 is 0 Å². The molecule has 2 heterocycles. The van der Waals surface area contributed by atoms with Gasteiger partial charge in [0.2, 0.25) is 5.91 Å². The van der Waals surface area contributed by atoms with E-state index in [9.17, 15) is 14.7 Å². The number of nitrogens with one attached hydrogen (secondary N) is 1. The highest BCUT2D eigenvalue weighted by atomic mass is 16.5. The molecule has 8 nitrogen and oxygen atoms in total. The minimum atomic E-state index is -0.815. The average molecular weight is 772 g/mol. The Labute approximate surface area is 337 Å². The highest BCUT2D eigenvalue weighted by Gasteiger charge is 2.72. The van der Waals surface area contributed by atoms with Crippen LogP contribution in [0.4, 0.5) is 0 Å². The molecule has 1 saturated heterocycles. The number of carbonyl (C=O) groups excluding carboxylic acids is 2. The number of rotatable bonds is 7. The SMILES string of the molecule is C=C(C)[C@@H]1CC[C@]2(C(=O)N3CCC[C@H]3c3ncc(C(C)C)[nH]3)CC[C@]3(C)[C@H](CC[C@@H]4C5(C)CC[C@H](OC(=O)[C@H]6C[C@@H](C(=O)O)C6(C)C)C(C)(C)[C@@H]5CCC43C)[C@@H]12. The minimum absolute atomic E-state index is 0.0327. The second-order valence-electron chi connectivity index (χ2n) is 22.7. The zero-order valence-corrected chi connectivity index (χ0v) is 36.4. The van der Waals surface area contributed by atoms with E-state index < -0.39 is 17.3 Å². The molecule has 7 aliphatic rings. The number of aromatic amines is 1. The first-order valence-corrected chi connectivity index (χ1v) is 22.6. The molecule has 13 atom stereocenters. The number of aromatic nitrogens is 2. The van der Waals surface area contributed by atoms with Crippen LogP contribution in [-0.4, -0.2) is 50.5 Å². The van der Waals surface area contributed by atoms with Gasteiger partial charge in [0.05, 0.1) is 23.3 Å². The maximum absolute atomic E-state index is 15.4. The molecule has 8 rings (SSSR count). The largest absolute Gasteiger partial charge is 0.481 e. The van der Waals surface area contributed by atoms with Gasteiger partial charge in [0, 0.05) is 23.9 Å². The quantitative estimate of drug-likeness (QED) is 0.211. The Morgan fingerprint density at radius 1 is 0.875 bits per heavy atom. The zero-order chi connectivity index (χ0) is 40.5. The third-order valence-corrected chi connectivity index (χ3v) is 19.6. The van der Waals surface area contributed by atoms with Crippen LogP contribution >= 0.6 is 0 Å². The van der Waals surface area contributed by atoms with Crippen molar-refractivity contribution in [3.8, 4) is 0 Å². The van der Waals surface area contributed by atoms with Crippen molar-refractivity contribution in [2.24, 2.45) is 73.9 Å². The predicted octanol–water partition coefficient (Wildman–Crippen LogP) is 10.5. The van der Waals surface area contributed by atoms with Crippen molar-refractivity contribution in [3.05, 3.63) is 29.9 Å². The third kappa shape index (κ3) is 5.40. The Bertz CT molecular complexity index is 1780. The Morgan fingerprint density at radius 2 is 1.61 bits per heavy atom. The molecular formula is C48H73N3O5. The molecule has 0 radical (unpaired) electrons. The summed E-state index contributed by atoms with van der Waals surface area (Å²) in [5.74, 6) is 2.06. The summed E-state index contributed by atoms with van der Waals surface area (Å²) >= 11 is 0. The molecule has 7 fully saturated rings. The van der Waals surface area contributed by atoms with Crippen LogP contribution in [0, 0.1) is 73.9 Å². The minimum Gasteiger partial charge on any atom is -0.481 e. The van der Waals surface area contributed by atoms with E-state index in [1.165, 1.54) is 24.8 Å². The molecule has 1 amide bonds. The van der Waals surface area contributed by atoms with Crippen molar-refractivity contribution in [3.63, 3.8) is 0 Å². The lowest BCUT2D eigenvalue weighted by Gasteiger charge is -2.73. The lowest BCUT2D eigenvalue weighted by Crippen LogP contribution is -2.67. The van der Waals surface area contributed by atoms with Crippen LogP contribution in [0.25, 0.3) is 0 Å². The van der Waals surface area contributed by atoms with Crippen LogP contribution in [0.2, 0.25) is 0 Å². The van der Waals surface area contributed by atoms with Crippen molar-refractivity contribution in [2.45, 2.75) is 171 Å². The highest BCUT2D eigenvalue weighted by Crippen LogP contribution is 2.78. The number of hydrogen-bond donors (Lipinski definition) is 2. The van der Waals surface area contributed by atoms with Crippen LogP contribution in [0.1, 0.15) is 176 Å². The normalized spacial score (nSPS) is 44.8. The van der Waals surface area contributed by atoms with Crippen molar-refractivity contribution >= 4 is 17.8 Å². The Hall–Kier alpha value is -2.64. The van der Waals surface area contributed by atoms with Crippen LogP contribution in [0.3, 0.4) is 0 Å². The van der Waals surface area contributed by atoms with E-state index in [-0.39, 0.29) is 51.1 Å². The maximum Gasteiger partial charge on any atom is 0.309 e. The summed E-state index contributed by atoms with van der Waals surface area (Å²) in [5.41, 5.74) is 1.71. The number of carboxylic acids is 1. The number of carbonyl (C=O) groups is 3. The molecule has 1 aromatic heterocycles. The number of esters is 1. The van der Waals surface area contributed by atoms with Gasteiger partial charge in [-0.3, -0.25) is 14.4 Å². The summed E-state index contributed by atoms with van der Waals surface area (Å²) in [4.78, 5) is 51.6. The molecule has 0 bridgehead atoms. The van der Waals surface area contributed by atoms with Crippen molar-refractivity contribution in [2.75, 3.05) is 6.54 Å². The Kier molecular flexibility index (Phi) is 9.45. The first-order valence-electron chi connectivity index (χ1n) is 22.6. The van der Waals surface area contributed by atoms with Gasteiger partial charge < -0.3 is 19.7 Å². The zero-order valence-electron chi connectivity index (χ0n) is 36.4. The molecule has 2 N–H and O–H groups in total.